The molecule has 0 spiro atoms. The van der Waals surface area contributed by atoms with Crippen molar-refractivity contribution in [2.45, 2.75) is 11.4 Å². The molecule has 2 aromatic rings. The van der Waals surface area contributed by atoms with Crippen LogP contribution in [0.1, 0.15) is 11.7 Å². The van der Waals surface area contributed by atoms with Crippen molar-refractivity contribution in [2.24, 2.45) is 5.14 Å². The van der Waals surface area contributed by atoms with Gasteiger partial charge in [-0.2, -0.15) is 0 Å². The number of benzene rings is 1. The van der Waals surface area contributed by atoms with Crippen molar-refractivity contribution in [3.63, 3.8) is 0 Å². The first-order valence-corrected chi connectivity index (χ1v) is 7.80. The van der Waals surface area contributed by atoms with Crippen molar-refractivity contribution < 1.29 is 13.2 Å². The number of hydrogen-bond donors (Lipinski definition) is 1. The molecule has 1 saturated heterocycles. The summed E-state index contributed by atoms with van der Waals surface area (Å²) in [5.41, 5.74) is 2.93. The molecule has 2 N–H and O–H groups in total. The number of hydrogen-bond acceptors (Lipinski definition) is 4. The highest BCUT2D eigenvalue weighted by Crippen LogP contribution is 2.34. The van der Waals surface area contributed by atoms with E-state index in [9.17, 15) is 8.42 Å². The maximum absolute atomic E-state index is 11.4. The molecule has 0 radical (unpaired) electrons. The standard InChI is InChI=1S/C14H14N2O3S/c15-20(17,18)13-9-19-14(13)12-3-1-10(2-4-12)11-5-7-16-8-6-11/h1-8,13-14H,9H2,(H2,15,17,18). The van der Waals surface area contributed by atoms with E-state index in [1.807, 2.05) is 36.4 Å². The van der Waals surface area contributed by atoms with E-state index < -0.39 is 21.4 Å². The smallest absolute Gasteiger partial charge is 0.217 e. The van der Waals surface area contributed by atoms with Gasteiger partial charge in [-0.1, -0.05) is 24.3 Å². The number of primary sulfonamides is 1. The van der Waals surface area contributed by atoms with Gasteiger partial charge in [-0.3, -0.25) is 4.98 Å². The summed E-state index contributed by atoms with van der Waals surface area (Å²) in [6, 6.07) is 11.5. The quantitative estimate of drug-likeness (QED) is 0.928. The molecule has 1 aromatic carbocycles. The van der Waals surface area contributed by atoms with E-state index in [1.54, 1.807) is 12.4 Å². The number of sulfonamides is 1. The highest BCUT2D eigenvalue weighted by Gasteiger charge is 2.41. The Balaban J connectivity index is 1.84. The lowest BCUT2D eigenvalue weighted by Crippen LogP contribution is -2.46. The van der Waals surface area contributed by atoms with Crippen LogP contribution in [0, 0.1) is 0 Å². The average Bonchev–Trinajstić information content (AvgIpc) is 2.37. The first-order valence-electron chi connectivity index (χ1n) is 6.19. The largest absolute Gasteiger partial charge is 0.370 e. The Morgan fingerprint density at radius 1 is 1.05 bits per heavy atom. The fourth-order valence-electron chi connectivity index (χ4n) is 2.26. The normalized spacial score (nSPS) is 22.2. The van der Waals surface area contributed by atoms with Crippen molar-refractivity contribution in [2.75, 3.05) is 6.61 Å². The maximum Gasteiger partial charge on any atom is 0.217 e. The van der Waals surface area contributed by atoms with Gasteiger partial charge in [0.1, 0.15) is 11.4 Å². The van der Waals surface area contributed by atoms with Gasteiger partial charge in [-0.15, -0.1) is 0 Å². The molecule has 104 valence electrons. The SMILES string of the molecule is NS(=O)(=O)C1COC1c1ccc(-c2ccncc2)cc1. The lowest BCUT2D eigenvalue weighted by molar-refractivity contribution is -0.0470. The number of rotatable bonds is 3. The van der Waals surface area contributed by atoms with E-state index >= 15 is 0 Å². The molecule has 2 atom stereocenters. The molecule has 5 nitrogen and oxygen atoms in total. The molecule has 1 aliphatic rings. The van der Waals surface area contributed by atoms with E-state index in [1.165, 1.54) is 0 Å². The number of pyridine rings is 1. The van der Waals surface area contributed by atoms with Gasteiger partial charge in [0.2, 0.25) is 10.0 Å². The van der Waals surface area contributed by atoms with Gasteiger partial charge in [0.05, 0.1) is 6.61 Å². The molecular weight excluding hydrogens is 276 g/mol. The van der Waals surface area contributed by atoms with Crippen LogP contribution in [0.3, 0.4) is 0 Å². The molecule has 2 unspecified atom stereocenters. The topological polar surface area (TPSA) is 82.3 Å². The summed E-state index contributed by atoms with van der Waals surface area (Å²) in [5.74, 6) is 0. The molecule has 0 saturated carbocycles. The lowest BCUT2D eigenvalue weighted by Gasteiger charge is -2.35. The van der Waals surface area contributed by atoms with Crippen LogP contribution in [0.25, 0.3) is 11.1 Å². The predicted molar refractivity (Wildman–Crippen MR) is 75.3 cm³/mol. The zero-order valence-corrected chi connectivity index (χ0v) is 11.5. The third-order valence-corrected chi connectivity index (χ3v) is 4.68. The third-order valence-electron chi connectivity index (χ3n) is 3.45. The fourth-order valence-corrected chi connectivity index (χ4v) is 3.11. The van der Waals surface area contributed by atoms with Crippen LogP contribution < -0.4 is 5.14 Å². The zero-order valence-electron chi connectivity index (χ0n) is 10.6. The van der Waals surface area contributed by atoms with Crippen LogP contribution in [0.5, 0.6) is 0 Å². The highest BCUT2D eigenvalue weighted by molar-refractivity contribution is 7.89. The Morgan fingerprint density at radius 2 is 1.65 bits per heavy atom. The minimum absolute atomic E-state index is 0.162. The van der Waals surface area contributed by atoms with E-state index in [0.717, 1.165) is 16.7 Å². The molecule has 0 aliphatic carbocycles. The summed E-state index contributed by atoms with van der Waals surface area (Å²) in [7, 11) is -3.56. The van der Waals surface area contributed by atoms with Crippen molar-refractivity contribution >= 4 is 10.0 Å². The van der Waals surface area contributed by atoms with Gasteiger partial charge < -0.3 is 4.74 Å². The summed E-state index contributed by atoms with van der Waals surface area (Å²) in [5, 5.41) is 4.53. The van der Waals surface area contributed by atoms with E-state index in [-0.39, 0.29) is 6.61 Å². The van der Waals surface area contributed by atoms with Crippen molar-refractivity contribution in [3.8, 4) is 11.1 Å². The summed E-state index contributed by atoms with van der Waals surface area (Å²) in [6.45, 7) is 0.162. The molecule has 0 bridgehead atoms. The number of nitrogens with two attached hydrogens (primary N) is 1. The number of aromatic nitrogens is 1. The zero-order chi connectivity index (χ0) is 14.2. The fraction of sp³-hybridized carbons (Fsp3) is 0.214. The number of nitrogens with zero attached hydrogens (tertiary/aromatic N) is 1. The van der Waals surface area contributed by atoms with Crippen LogP contribution in [0.4, 0.5) is 0 Å². The van der Waals surface area contributed by atoms with Gasteiger partial charge in [0.15, 0.2) is 0 Å². The molecule has 1 aromatic heterocycles. The second kappa shape index (κ2) is 4.97. The number of ether oxygens (including phenoxy) is 1. The van der Waals surface area contributed by atoms with E-state index in [4.69, 9.17) is 9.88 Å². The van der Waals surface area contributed by atoms with E-state index in [2.05, 4.69) is 4.98 Å². The Hall–Kier alpha value is -1.76. The van der Waals surface area contributed by atoms with Crippen LogP contribution in [-0.2, 0) is 14.8 Å². The van der Waals surface area contributed by atoms with Crippen LogP contribution in [-0.4, -0.2) is 25.3 Å². The van der Waals surface area contributed by atoms with Crippen molar-refractivity contribution in [3.05, 3.63) is 54.4 Å². The molecule has 2 heterocycles. The second-order valence-corrected chi connectivity index (χ2v) is 6.52. The molecule has 3 rings (SSSR count). The van der Waals surface area contributed by atoms with Gasteiger partial charge in [0, 0.05) is 12.4 Å². The van der Waals surface area contributed by atoms with Crippen molar-refractivity contribution in [1.82, 2.24) is 4.98 Å². The Kier molecular flexibility index (Phi) is 3.29. The minimum Gasteiger partial charge on any atom is -0.370 e. The molecule has 6 heteroatoms. The molecule has 20 heavy (non-hydrogen) atoms. The van der Waals surface area contributed by atoms with E-state index in [0.29, 0.717) is 0 Å². The lowest BCUT2D eigenvalue weighted by atomic mass is 9.99. The first-order chi connectivity index (χ1) is 9.55. The first kappa shape index (κ1) is 13.2. The molecular formula is C14H14N2O3S. The average molecular weight is 290 g/mol. The summed E-state index contributed by atoms with van der Waals surface area (Å²) in [6.07, 6.45) is 3.00. The Labute approximate surface area is 117 Å². The Morgan fingerprint density at radius 3 is 2.15 bits per heavy atom. The van der Waals surface area contributed by atoms with Gasteiger partial charge in [0.25, 0.3) is 0 Å². The second-order valence-electron chi connectivity index (χ2n) is 4.74. The molecule has 0 amide bonds. The summed E-state index contributed by atoms with van der Waals surface area (Å²) in [4.78, 5) is 3.98. The van der Waals surface area contributed by atoms with Crippen LogP contribution >= 0.6 is 0 Å². The Bertz CT molecular complexity index is 699. The van der Waals surface area contributed by atoms with Gasteiger partial charge in [-0.25, -0.2) is 13.6 Å². The molecule has 1 fully saturated rings. The van der Waals surface area contributed by atoms with Crippen molar-refractivity contribution in [1.29, 1.82) is 0 Å². The maximum atomic E-state index is 11.4. The summed E-state index contributed by atoms with van der Waals surface area (Å²) >= 11 is 0. The van der Waals surface area contributed by atoms with Gasteiger partial charge in [-0.05, 0) is 28.8 Å². The third kappa shape index (κ3) is 2.45. The predicted octanol–water partition coefficient (Wildman–Crippen LogP) is 1.48. The highest BCUT2D eigenvalue weighted by atomic mass is 32.2. The van der Waals surface area contributed by atoms with Gasteiger partial charge >= 0.3 is 0 Å². The van der Waals surface area contributed by atoms with Crippen LogP contribution in [0.2, 0.25) is 0 Å². The molecule has 1 aliphatic heterocycles. The van der Waals surface area contributed by atoms with Crippen LogP contribution in [0.15, 0.2) is 48.8 Å². The minimum atomic E-state index is -3.56. The summed E-state index contributed by atoms with van der Waals surface area (Å²) < 4.78 is 28.1. The monoisotopic (exact) mass is 290 g/mol.